The Morgan fingerprint density at radius 3 is 1.87 bits per heavy atom. The lowest BCUT2D eigenvalue weighted by Gasteiger charge is -2.21. The quantitative estimate of drug-likeness (QED) is 0.0813. The molecule has 2 aromatic carbocycles. The zero-order chi connectivity index (χ0) is 34.1. The number of carboxylic acids is 2. The van der Waals surface area contributed by atoms with Crippen molar-refractivity contribution in [1.82, 2.24) is 4.90 Å². The molecule has 0 spiro atoms. The highest BCUT2D eigenvalue weighted by Gasteiger charge is 2.23. The first kappa shape index (κ1) is 38.2. The molecule has 46 heavy (non-hydrogen) atoms. The summed E-state index contributed by atoms with van der Waals surface area (Å²) in [4.78, 5) is 47.3. The van der Waals surface area contributed by atoms with Crippen LogP contribution in [-0.2, 0) is 27.2 Å². The molecule has 1 heterocycles. The fraction of sp³-hybridized carbons (Fsp3) is 0.514. The Labute approximate surface area is 272 Å². The summed E-state index contributed by atoms with van der Waals surface area (Å²) < 4.78 is 11.6. The van der Waals surface area contributed by atoms with Crippen molar-refractivity contribution in [2.75, 3.05) is 26.2 Å². The molecule has 252 valence electrons. The van der Waals surface area contributed by atoms with E-state index in [-0.39, 0.29) is 17.7 Å². The zero-order valence-electron chi connectivity index (χ0n) is 28.1. The number of carbonyl (C=O) groups is 4. The van der Waals surface area contributed by atoms with Crippen molar-refractivity contribution in [3.63, 3.8) is 0 Å². The molecule has 0 unspecified atom stereocenters. The Morgan fingerprint density at radius 2 is 1.33 bits per heavy atom. The van der Waals surface area contributed by atoms with Gasteiger partial charge in [-0.15, -0.1) is 0 Å². The SMILES string of the molecule is CCCCc1oc2ccc(C(=O)OCC(C)C)cc2c1C(=O)c1ccc(CCCN(CCCC)CCCC)cc1.O=C(O)C(=O)O. The number of benzene rings is 2. The summed E-state index contributed by atoms with van der Waals surface area (Å²) in [6, 6.07) is 13.3. The van der Waals surface area contributed by atoms with E-state index >= 15 is 0 Å². The van der Waals surface area contributed by atoms with E-state index in [1.54, 1.807) is 18.2 Å². The first-order valence-electron chi connectivity index (χ1n) is 16.6. The predicted octanol–water partition coefficient (Wildman–Crippen LogP) is 7.81. The van der Waals surface area contributed by atoms with Crippen LogP contribution in [0.2, 0.25) is 0 Å². The average Bonchev–Trinajstić information content (AvgIpc) is 3.41. The summed E-state index contributed by atoms with van der Waals surface area (Å²) in [6.45, 7) is 14.5. The molecule has 9 nitrogen and oxygen atoms in total. The summed E-state index contributed by atoms with van der Waals surface area (Å²) in [5.41, 5.74) is 3.53. The standard InChI is InChI=1S/C35H49NO4.C2H2O4/c1-6-9-14-32-33(30-24-29(19-20-31(30)40-32)35(38)39-25-26(4)5)34(37)28-17-15-27(16-18-28)13-12-23-36(21-10-7-2)22-11-8-3;3-1(4)2(5)6/h15-20,24,26H,6-14,21-23,25H2,1-5H3;(H,3,4)(H,5,6). The summed E-state index contributed by atoms with van der Waals surface area (Å²) >= 11 is 0. The first-order chi connectivity index (χ1) is 22.0. The molecule has 0 amide bonds. The van der Waals surface area contributed by atoms with Gasteiger partial charge in [-0.05, 0) is 81.4 Å². The molecule has 3 rings (SSSR count). The molecule has 0 atom stereocenters. The van der Waals surface area contributed by atoms with Gasteiger partial charge >= 0.3 is 17.9 Å². The lowest BCUT2D eigenvalue weighted by atomic mass is 9.96. The minimum absolute atomic E-state index is 0.0607. The minimum Gasteiger partial charge on any atom is -0.473 e. The van der Waals surface area contributed by atoms with Gasteiger partial charge in [-0.3, -0.25) is 4.79 Å². The number of ether oxygens (including phenoxy) is 1. The number of carbonyl (C=O) groups excluding carboxylic acids is 2. The molecular formula is C37H51NO8. The molecule has 0 aliphatic rings. The highest BCUT2D eigenvalue weighted by atomic mass is 16.5. The lowest BCUT2D eigenvalue weighted by Crippen LogP contribution is -2.27. The van der Waals surface area contributed by atoms with Gasteiger partial charge in [0.05, 0.1) is 17.7 Å². The number of aliphatic carboxylic acids is 2. The molecule has 0 aliphatic heterocycles. The third kappa shape index (κ3) is 12.4. The van der Waals surface area contributed by atoms with Gasteiger partial charge < -0.3 is 24.3 Å². The van der Waals surface area contributed by atoms with E-state index in [0.717, 1.165) is 32.2 Å². The molecule has 0 fully saturated rings. The summed E-state index contributed by atoms with van der Waals surface area (Å²) in [6.07, 6.45) is 9.70. The van der Waals surface area contributed by atoms with Crippen LogP contribution in [0.25, 0.3) is 11.0 Å². The van der Waals surface area contributed by atoms with Crippen LogP contribution >= 0.6 is 0 Å². The highest BCUT2D eigenvalue weighted by molar-refractivity contribution is 6.27. The van der Waals surface area contributed by atoms with E-state index < -0.39 is 11.9 Å². The molecule has 9 heteroatoms. The van der Waals surface area contributed by atoms with Crippen LogP contribution in [0.3, 0.4) is 0 Å². The van der Waals surface area contributed by atoms with Crippen molar-refractivity contribution in [1.29, 1.82) is 0 Å². The van der Waals surface area contributed by atoms with Crippen LogP contribution in [0.15, 0.2) is 46.9 Å². The Morgan fingerprint density at radius 1 is 0.761 bits per heavy atom. The monoisotopic (exact) mass is 637 g/mol. The van der Waals surface area contributed by atoms with E-state index in [2.05, 4.69) is 37.8 Å². The van der Waals surface area contributed by atoms with Crippen molar-refractivity contribution < 1.29 is 38.5 Å². The molecule has 0 saturated heterocycles. The van der Waals surface area contributed by atoms with E-state index in [9.17, 15) is 9.59 Å². The van der Waals surface area contributed by atoms with Crippen molar-refractivity contribution in [2.24, 2.45) is 5.92 Å². The predicted molar refractivity (Wildman–Crippen MR) is 180 cm³/mol. The smallest absolute Gasteiger partial charge is 0.414 e. The Balaban J connectivity index is 0.00000112. The fourth-order valence-corrected chi connectivity index (χ4v) is 4.94. The van der Waals surface area contributed by atoms with E-state index in [1.165, 1.54) is 44.3 Å². The first-order valence-corrected chi connectivity index (χ1v) is 16.6. The van der Waals surface area contributed by atoms with E-state index in [4.69, 9.17) is 29.0 Å². The Hall–Kier alpha value is -3.98. The summed E-state index contributed by atoms with van der Waals surface area (Å²) in [5.74, 6) is -3.14. The van der Waals surface area contributed by atoms with Crippen LogP contribution in [0.1, 0.15) is 117 Å². The number of hydrogen-bond donors (Lipinski definition) is 2. The second kappa shape index (κ2) is 20.2. The van der Waals surface area contributed by atoms with Gasteiger partial charge in [-0.1, -0.05) is 78.1 Å². The number of hydrogen-bond acceptors (Lipinski definition) is 7. The third-order valence-corrected chi connectivity index (χ3v) is 7.52. The molecule has 2 N–H and O–H groups in total. The number of furan rings is 1. The second-order valence-corrected chi connectivity index (χ2v) is 12.0. The number of fused-ring (bicyclic) bond motifs is 1. The number of carboxylic acid groups (broad SMARTS) is 2. The fourth-order valence-electron chi connectivity index (χ4n) is 4.94. The normalized spacial score (nSPS) is 11.0. The number of rotatable bonds is 18. The molecule has 0 bridgehead atoms. The highest BCUT2D eigenvalue weighted by Crippen LogP contribution is 2.31. The van der Waals surface area contributed by atoms with Crippen molar-refractivity contribution in [3.05, 3.63) is 70.5 Å². The minimum atomic E-state index is -1.82. The van der Waals surface area contributed by atoms with Crippen LogP contribution in [0.4, 0.5) is 0 Å². The van der Waals surface area contributed by atoms with Gasteiger partial charge in [0.25, 0.3) is 0 Å². The van der Waals surface area contributed by atoms with Crippen molar-refractivity contribution >= 4 is 34.7 Å². The Bertz CT molecular complexity index is 1390. The van der Waals surface area contributed by atoms with Crippen LogP contribution in [0.5, 0.6) is 0 Å². The summed E-state index contributed by atoms with van der Waals surface area (Å²) in [5, 5.41) is 15.5. The Kier molecular flexibility index (Phi) is 16.8. The summed E-state index contributed by atoms with van der Waals surface area (Å²) in [7, 11) is 0. The van der Waals surface area contributed by atoms with Gasteiger partial charge in [0.15, 0.2) is 5.78 Å². The third-order valence-electron chi connectivity index (χ3n) is 7.52. The van der Waals surface area contributed by atoms with Crippen LogP contribution in [0, 0.1) is 5.92 Å². The zero-order valence-corrected chi connectivity index (χ0v) is 28.1. The van der Waals surface area contributed by atoms with Gasteiger partial charge in [-0.25, -0.2) is 14.4 Å². The molecule has 0 radical (unpaired) electrons. The maximum atomic E-state index is 13.8. The van der Waals surface area contributed by atoms with Crippen LogP contribution < -0.4 is 0 Å². The molecule has 1 aromatic heterocycles. The van der Waals surface area contributed by atoms with Gasteiger partial charge in [0, 0.05) is 17.4 Å². The number of unbranched alkanes of at least 4 members (excludes halogenated alkanes) is 3. The maximum Gasteiger partial charge on any atom is 0.414 e. The number of ketones is 1. The molecule has 0 aliphatic carbocycles. The van der Waals surface area contributed by atoms with Gasteiger partial charge in [0.2, 0.25) is 0 Å². The van der Waals surface area contributed by atoms with Gasteiger partial charge in [-0.2, -0.15) is 0 Å². The molecule has 0 saturated carbocycles. The average molecular weight is 638 g/mol. The van der Waals surface area contributed by atoms with Gasteiger partial charge in [0.1, 0.15) is 11.3 Å². The number of aryl methyl sites for hydroxylation is 2. The molecular weight excluding hydrogens is 586 g/mol. The van der Waals surface area contributed by atoms with E-state index in [1.807, 2.05) is 26.0 Å². The van der Waals surface area contributed by atoms with E-state index in [0.29, 0.717) is 46.4 Å². The maximum absolute atomic E-state index is 13.8. The second-order valence-electron chi connectivity index (χ2n) is 12.0. The van der Waals surface area contributed by atoms with Crippen LogP contribution in [-0.4, -0.2) is 65.0 Å². The topological polar surface area (TPSA) is 134 Å². The number of esters is 1. The van der Waals surface area contributed by atoms with Crippen molar-refractivity contribution in [3.8, 4) is 0 Å². The lowest BCUT2D eigenvalue weighted by molar-refractivity contribution is -0.159. The van der Waals surface area contributed by atoms with Crippen molar-refractivity contribution in [2.45, 2.75) is 92.4 Å². The number of nitrogens with zero attached hydrogens (tertiary/aromatic N) is 1. The largest absolute Gasteiger partial charge is 0.473 e. The molecule has 3 aromatic rings.